The molecule has 0 N–H and O–H groups in total. The van der Waals surface area contributed by atoms with E-state index in [-0.39, 0.29) is 5.54 Å². The molecule has 0 saturated heterocycles. The zero-order chi connectivity index (χ0) is 24.7. The molecule has 36 heavy (non-hydrogen) atoms. The van der Waals surface area contributed by atoms with Crippen molar-refractivity contribution in [3.8, 4) is 22.3 Å². The van der Waals surface area contributed by atoms with Gasteiger partial charge in [-0.25, -0.2) is 0 Å². The summed E-state index contributed by atoms with van der Waals surface area (Å²) in [7, 11) is 0. The highest BCUT2D eigenvalue weighted by Crippen LogP contribution is 2.41. The molecule has 0 aliphatic carbocycles. The van der Waals surface area contributed by atoms with Crippen LogP contribution in [0.5, 0.6) is 0 Å². The third-order valence-corrected chi connectivity index (χ3v) is 7.96. The number of hydrogen-bond donors (Lipinski definition) is 0. The molecule has 0 saturated carbocycles. The summed E-state index contributed by atoms with van der Waals surface area (Å²) in [6.07, 6.45) is 0. The summed E-state index contributed by atoms with van der Waals surface area (Å²) in [5.74, 6) is 0. The summed E-state index contributed by atoms with van der Waals surface area (Å²) in [5, 5.41) is 2.68. The van der Waals surface area contributed by atoms with E-state index in [0.717, 1.165) is 0 Å². The van der Waals surface area contributed by atoms with Crippen molar-refractivity contribution in [3.63, 3.8) is 0 Å². The van der Waals surface area contributed by atoms with Gasteiger partial charge in [0.1, 0.15) is 0 Å². The third-order valence-electron chi connectivity index (χ3n) is 6.74. The van der Waals surface area contributed by atoms with Crippen LogP contribution in [0.4, 0.5) is 11.4 Å². The Morgan fingerprint density at radius 2 is 1.06 bits per heavy atom. The maximum absolute atomic E-state index is 2.42. The van der Waals surface area contributed by atoms with Crippen LogP contribution in [-0.4, -0.2) is 5.54 Å². The predicted octanol–water partition coefficient (Wildman–Crippen LogP) is 10.3. The van der Waals surface area contributed by atoms with Gasteiger partial charge >= 0.3 is 0 Å². The van der Waals surface area contributed by atoms with Crippen molar-refractivity contribution in [1.29, 1.82) is 0 Å². The second-order valence-corrected chi connectivity index (χ2v) is 11.3. The molecule has 0 fully saturated rings. The van der Waals surface area contributed by atoms with E-state index < -0.39 is 0 Å². The van der Waals surface area contributed by atoms with Crippen LogP contribution in [0, 0.1) is 0 Å². The molecule has 0 unspecified atom stereocenters. The van der Waals surface area contributed by atoms with Crippen molar-refractivity contribution in [3.05, 3.63) is 121 Å². The van der Waals surface area contributed by atoms with Gasteiger partial charge in [-0.05, 0) is 73.4 Å². The van der Waals surface area contributed by atoms with Crippen molar-refractivity contribution in [2.75, 3.05) is 4.90 Å². The molecule has 0 amide bonds. The van der Waals surface area contributed by atoms with Crippen LogP contribution < -0.4 is 4.90 Å². The monoisotopic (exact) mass is 483 g/mol. The lowest BCUT2D eigenvalue weighted by Gasteiger charge is -2.38. The topological polar surface area (TPSA) is 3.24 Å². The molecular weight excluding hydrogens is 454 g/mol. The second-order valence-electron chi connectivity index (χ2n) is 10.2. The molecule has 5 aromatic carbocycles. The molecule has 0 aliphatic rings. The van der Waals surface area contributed by atoms with E-state index in [9.17, 15) is 0 Å². The number of anilines is 2. The second kappa shape index (κ2) is 8.96. The molecule has 1 heterocycles. The van der Waals surface area contributed by atoms with Gasteiger partial charge in [0.25, 0.3) is 0 Å². The largest absolute Gasteiger partial charge is 0.336 e. The lowest BCUT2D eigenvalue weighted by molar-refractivity contribution is 0.560. The van der Waals surface area contributed by atoms with Crippen molar-refractivity contribution >= 4 is 42.9 Å². The Labute approximate surface area is 217 Å². The van der Waals surface area contributed by atoms with Gasteiger partial charge in [-0.15, -0.1) is 11.3 Å². The Bertz CT molecular complexity index is 1640. The van der Waals surface area contributed by atoms with Crippen LogP contribution in [0.2, 0.25) is 0 Å². The smallest absolute Gasteiger partial charge is 0.0433 e. The van der Waals surface area contributed by atoms with Crippen molar-refractivity contribution in [1.82, 2.24) is 0 Å². The molecule has 0 bridgehead atoms. The van der Waals surface area contributed by atoms with Gasteiger partial charge in [-0.3, -0.25) is 0 Å². The third kappa shape index (κ3) is 4.08. The highest BCUT2D eigenvalue weighted by atomic mass is 32.1. The fourth-order valence-corrected chi connectivity index (χ4v) is 6.36. The zero-order valence-corrected chi connectivity index (χ0v) is 21.7. The summed E-state index contributed by atoms with van der Waals surface area (Å²) < 4.78 is 2.70. The van der Waals surface area contributed by atoms with Gasteiger partial charge in [0, 0.05) is 37.1 Å². The summed E-state index contributed by atoms with van der Waals surface area (Å²) in [6, 6.07) is 43.9. The number of thiophene rings is 1. The minimum atomic E-state index is -0.0682. The Balaban J connectivity index is 1.37. The van der Waals surface area contributed by atoms with Gasteiger partial charge in [-0.1, -0.05) is 91.0 Å². The normalized spacial score (nSPS) is 11.8. The molecule has 6 aromatic rings. The first kappa shape index (κ1) is 22.6. The first-order valence-corrected chi connectivity index (χ1v) is 13.3. The molecule has 176 valence electrons. The van der Waals surface area contributed by atoms with E-state index in [1.807, 2.05) is 11.3 Å². The highest BCUT2D eigenvalue weighted by molar-refractivity contribution is 7.26. The van der Waals surface area contributed by atoms with E-state index in [4.69, 9.17) is 0 Å². The van der Waals surface area contributed by atoms with E-state index in [2.05, 4.69) is 147 Å². The molecular formula is C34H29NS. The fourth-order valence-electron chi connectivity index (χ4n) is 5.12. The summed E-state index contributed by atoms with van der Waals surface area (Å²) >= 11 is 1.88. The van der Waals surface area contributed by atoms with E-state index in [1.54, 1.807) is 0 Å². The fraction of sp³-hybridized carbons (Fsp3) is 0.118. The van der Waals surface area contributed by atoms with Crippen molar-refractivity contribution < 1.29 is 0 Å². The molecule has 0 radical (unpaired) electrons. The lowest BCUT2D eigenvalue weighted by Crippen LogP contribution is -2.37. The van der Waals surface area contributed by atoms with Crippen molar-refractivity contribution in [2.45, 2.75) is 26.3 Å². The lowest BCUT2D eigenvalue weighted by atomic mass is 9.99. The molecule has 1 aromatic heterocycles. The number of rotatable bonds is 4. The van der Waals surface area contributed by atoms with Gasteiger partial charge in [0.05, 0.1) is 0 Å². The van der Waals surface area contributed by atoms with Gasteiger partial charge < -0.3 is 4.90 Å². The molecule has 0 spiro atoms. The van der Waals surface area contributed by atoms with E-state index in [0.29, 0.717) is 0 Å². The minimum Gasteiger partial charge on any atom is -0.336 e. The average Bonchev–Trinajstić information content (AvgIpc) is 3.28. The van der Waals surface area contributed by atoms with Gasteiger partial charge in [0.2, 0.25) is 0 Å². The Kier molecular flexibility index (Phi) is 5.62. The highest BCUT2D eigenvalue weighted by Gasteiger charge is 2.24. The maximum atomic E-state index is 2.42. The first-order valence-electron chi connectivity index (χ1n) is 12.5. The standard InChI is InChI=1S/C34H29NS/c1-34(2,3)35(27-20-16-25(17-21-27)24-10-5-4-6-11-24)28-22-18-26(19-23-28)29-13-9-14-31-30-12-7-8-15-32(30)36-33(29)31/h4-23H,1-3H3. The van der Waals surface area contributed by atoms with Crippen LogP contribution in [0.1, 0.15) is 20.8 Å². The van der Waals surface area contributed by atoms with Crippen LogP contribution >= 0.6 is 11.3 Å². The van der Waals surface area contributed by atoms with Gasteiger partial charge in [-0.2, -0.15) is 0 Å². The molecule has 0 atom stereocenters. The van der Waals surface area contributed by atoms with E-state index >= 15 is 0 Å². The molecule has 2 heteroatoms. The Hall–Kier alpha value is -3.88. The van der Waals surface area contributed by atoms with E-state index in [1.165, 1.54) is 53.8 Å². The first-order chi connectivity index (χ1) is 17.5. The number of hydrogen-bond acceptors (Lipinski definition) is 2. The SMILES string of the molecule is CC(C)(C)N(c1ccc(-c2ccccc2)cc1)c1ccc(-c2cccc3c2sc2ccccc23)cc1. The van der Waals surface area contributed by atoms with Crippen molar-refractivity contribution in [2.24, 2.45) is 0 Å². The summed E-state index contributed by atoms with van der Waals surface area (Å²) in [4.78, 5) is 2.42. The molecule has 6 rings (SSSR count). The average molecular weight is 484 g/mol. The molecule has 0 aliphatic heterocycles. The minimum absolute atomic E-state index is 0.0682. The Morgan fingerprint density at radius 3 is 1.72 bits per heavy atom. The summed E-state index contributed by atoms with van der Waals surface area (Å²) in [5.41, 5.74) is 7.36. The number of benzene rings is 5. The number of nitrogens with zero attached hydrogens (tertiary/aromatic N) is 1. The Morgan fingerprint density at radius 1 is 0.500 bits per heavy atom. The van der Waals surface area contributed by atoms with Gasteiger partial charge in [0.15, 0.2) is 0 Å². The predicted molar refractivity (Wildman–Crippen MR) is 159 cm³/mol. The van der Waals surface area contributed by atoms with Crippen LogP contribution in [0.25, 0.3) is 42.4 Å². The van der Waals surface area contributed by atoms with Crippen LogP contribution in [-0.2, 0) is 0 Å². The quantitative estimate of drug-likeness (QED) is 0.241. The number of fused-ring (bicyclic) bond motifs is 3. The van der Waals surface area contributed by atoms with Crippen LogP contribution in [0.3, 0.4) is 0 Å². The molecule has 1 nitrogen and oxygen atoms in total. The van der Waals surface area contributed by atoms with Crippen LogP contribution in [0.15, 0.2) is 121 Å². The maximum Gasteiger partial charge on any atom is 0.0433 e. The summed E-state index contributed by atoms with van der Waals surface area (Å²) in [6.45, 7) is 6.80. The zero-order valence-electron chi connectivity index (χ0n) is 20.9.